The third-order valence-electron chi connectivity index (χ3n) is 3.90. The number of nitrogens with two attached hydrogens (primary N) is 2. The smallest absolute Gasteiger partial charge is 0.0444 e. The highest BCUT2D eigenvalue weighted by molar-refractivity contribution is 5.81. The van der Waals surface area contributed by atoms with Crippen LogP contribution in [-0.2, 0) is 0 Å². The third kappa shape index (κ3) is 4.66. The summed E-state index contributed by atoms with van der Waals surface area (Å²) in [6.45, 7) is 11.0. The predicted octanol–water partition coefficient (Wildman–Crippen LogP) is 5.85. The van der Waals surface area contributed by atoms with Crippen molar-refractivity contribution in [2.45, 2.75) is 59.8 Å². The lowest BCUT2D eigenvalue weighted by Gasteiger charge is -2.22. The minimum Gasteiger partial charge on any atom is -0.398 e. The van der Waals surface area contributed by atoms with Crippen LogP contribution in [0.3, 0.4) is 0 Å². The van der Waals surface area contributed by atoms with Gasteiger partial charge in [0.15, 0.2) is 0 Å². The number of hydrogen-bond acceptors (Lipinski definition) is 2. The molecule has 122 valence electrons. The summed E-state index contributed by atoms with van der Waals surface area (Å²) in [5.74, 6) is 0.988. The Hall–Kier alpha value is -1.70. The van der Waals surface area contributed by atoms with Crippen molar-refractivity contribution in [2.75, 3.05) is 11.5 Å². The van der Waals surface area contributed by atoms with Gasteiger partial charge in [0.1, 0.15) is 0 Å². The van der Waals surface area contributed by atoms with Gasteiger partial charge in [-0.3, -0.25) is 0 Å². The van der Waals surface area contributed by atoms with Gasteiger partial charge in [0.25, 0.3) is 0 Å². The Bertz CT molecular complexity index is 501. The van der Waals surface area contributed by atoms with Crippen molar-refractivity contribution >= 4 is 23.5 Å². The predicted molar refractivity (Wildman–Crippen MR) is 102 cm³/mol. The number of benzene rings is 1. The summed E-state index contributed by atoms with van der Waals surface area (Å²) in [5.41, 5.74) is 17.8. The van der Waals surface area contributed by atoms with E-state index in [-0.39, 0.29) is 0 Å². The van der Waals surface area contributed by atoms with Crippen molar-refractivity contribution in [3.8, 4) is 0 Å². The summed E-state index contributed by atoms with van der Waals surface area (Å²) in [7, 11) is 0. The molecule has 1 rings (SSSR count). The molecule has 0 bridgehead atoms. The molecule has 2 nitrogen and oxygen atoms in total. The molecule has 0 radical (unpaired) electrons. The second-order valence-corrected chi connectivity index (χ2v) is 6.45. The van der Waals surface area contributed by atoms with Crippen LogP contribution in [0.4, 0.5) is 11.4 Å². The van der Waals surface area contributed by atoms with E-state index in [0.29, 0.717) is 11.8 Å². The maximum Gasteiger partial charge on any atom is 0.0444 e. The molecule has 2 heteroatoms. The Morgan fingerprint density at radius 1 is 0.909 bits per heavy atom. The van der Waals surface area contributed by atoms with Crippen molar-refractivity contribution in [1.29, 1.82) is 0 Å². The minimum absolute atomic E-state index is 0.365. The Morgan fingerprint density at radius 3 is 1.73 bits per heavy atom. The molecule has 1 atom stereocenters. The Labute approximate surface area is 136 Å². The number of hydrogen-bond donors (Lipinski definition) is 2. The maximum atomic E-state index is 6.44. The van der Waals surface area contributed by atoms with Crippen molar-refractivity contribution in [1.82, 2.24) is 0 Å². The van der Waals surface area contributed by atoms with E-state index in [1.165, 1.54) is 0 Å². The van der Waals surface area contributed by atoms with Gasteiger partial charge in [-0.25, -0.2) is 0 Å². The molecule has 0 fully saturated rings. The minimum atomic E-state index is 0.365. The van der Waals surface area contributed by atoms with Gasteiger partial charge in [-0.2, -0.15) is 0 Å². The molecule has 1 unspecified atom stereocenters. The van der Waals surface area contributed by atoms with Gasteiger partial charge < -0.3 is 11.5 Å². The molecule has 0 amide bonds. The molecular weight excluding hydrogens is 268 g/mol. The van der Waals surface area contributed by atoms with Gasteiger partial charge in [-0.15, -0.1) is 0 Å². The van der Waals surface area contributed by atoms with Crippen LogP contribution >= 0.6 is 0 Å². The summed E-state index contributed by atoms with van der Waals surface area (Å²) < 4.78 is 0. The fourth-order valence-electron chi connectivity index (χ4n) is 2.90. The van der Waals surface area contributed by atoms with E-state index in [2.05, 4.69) is 65.0 Å². The van der Waals surface area contributed by atoms with Gasteiger partial charge >= 0.3 is 0 Å². The molecule has 0 aliphatic carbocycles. The third-order valence-corrected chi connectivity index (χ3v) is 3.90. The normalized spacial score (nSPS) is 13.5. The lowest BCUT2D eigenvalue weighted by Crippen LogP contribution is -2.09. The summed E-state index contributed by atoms with van der Waals surface area (Å²) in [4.78, 5) is 0. The van der Waals surface area contributed by atoms with Gasteiger partial charge in [0, 0.05) is 16.9 Å². The van der Waals surface area contributed by atoms with Crippen LogP contribution in [0.15, 0.2) is 18.2 Å². The average Bonchev–Trinajstić information content (AvgIpc) is 2.44. The highest BCUT2D eigenvalue weighted by Crippen LogP contribution is 2.38. The molecule has 0 aliphatic rings. The molecule has 0 heterocycles. The van der Waals surface area contributed by atoms with E-state index < -0.39 is 0 Å². The number of nitrogen functional groups attached to an aromatic ring is 2. The first-order chi connectivity index (χ1) is 10.4. The summed E-state index contributed by atoms with van der Waals surface area (Å²) >= 11 is 0. The van der Waals surface area contributed by atoms with Gasteiger partial charge in [0.05, 0.1) is 0 Å². The van der Waals surface area contributed by atoms with Crippen LogP contribution in [0.5, 0.6) is 0 Å². The largest absolute Gasteiger partial charge is 0.398 e. The first kappa shape index (κ1) is 18.3. The Kier molecular flexibility index (Phi) is 7.23. The van der Waals surface area contributed by atoms with E-state index >= 15 is 0 Å². The topological polar surface area (TPSA) is 52.0 Å². The van der Waals surface area contributed by atoms with Crippen LogP contribution < -0.4 is 11.5 Å². The number of allylic oxidation sites excluding steroid dienone is 2. The standard InChI is InChI=1S/C20H32N2/c1-6-8-10-16-13-17(11-9-7-2)20(22)18(19(16)21)15(5)12-14(3)4/h8-11,13-15H,6-7,12,21-22H2,1-5H3. The van der Waals surface area contributed by atoms with Crippen LogP contribution in [0.25, 0.3) is 12.2 Å². The SMILES string of the molecule is CCC=Cc1cc(C=CCC)c(N)c(C(C)CC(C)C)c1N. The molecule has 22 heavy (non-hydrogen) atoms. The zero-order valence-electron chi connectivity index (χ0n) is 14.8. The number of anilines is 2. The fourth-order valence-corrected chi connectivity index (χ4v) is 2.90. The van der Waals surface area contributed by atoms with Gasteiger partial charge in [0.2, 0.25) is 0 Å². The monoisotopic (exact) mass is 300 g/mol. The van der Waals surface area contributed by atoms with Gasteiger partial charge in [-0.1, -0.05) is 58.9 Å². The average molecular weight is 300 g/mol. The lowest BCUT2D eigenvalue weighted by molar-refractivity contribution is 0.525. The van der Waals surface area contributed by atoms with E-state index in [0.717, 1.165) is 47.3 Å². The molecule has 0 spiro atoms. The molecule has 0 saturated heterocycles. The maximum absolute atomic E-state index is 6.44. The van der Waals surface area contributed by atoms with Crippen molar-refractivity contribution in [3.63, 3.8) is 0 Å². The summed E-state index contributed by atoms with van der Waals surface area (Å²) in [5, 5.41) is 0. The summed E-state index contributed by atoms with van der Waals surface area (Å²) in [6.07, 6.45) is 11.6. The molecular formula is C20H32N2. The molecule has 0 aromatic heterocycles. The van der Waals surface area contributed by atoms with Gasteiger partial charge in [-0.05, 0) is 48.3 Å². The summed E-state index contributed by atoms with van der Waals surface area (Å²) in [6, 6.07) is 2.11. The second kappa shape index (κ2) is 8.67. The van der Waals surface area contributed by atoms with E-state index in [1.807, 2.05) is 0 Å². The van der Waals surface area contributed by atoms with Crippen LogP contribution in [-0.4, -0.2) is 0 Å². The highest BCUT2D eigenvalue weighted by atomic mass is 14.6. The van der Waals surface area contributed by atoms with Crippen molar-refractivity contribution in [3.05, 3.63) is 34.9 Å². The van der Waals surface area contributed by atoms with Crippen LogP contribution in [0, 0.1) is 5.92 Å². The first-order valence-corrected chi connectivity index (χ1v) is 8.47. The zero-order valence-corrected chi connectivity index (χ0v) is 14.8. The molecule has 4 N–H and O–H groups in total. The van der Waals surface area contributed by atoms with Crippen molar-refractivity contribution in [2.24, 2.45) is 5.92 Å². The van der Waals surface area contributed by atoms with Crippen LogP contribution in [0.1, 0.15) is 76.5 Å². The van der Waals surface area contributed by atoms with Crippen molar-refractivity contribution < 1.29 is 0 Å². The molecule has 1 aromatic rings. The Morgan fingerprint density at radius 2 is 1.36 bits per heavy atom. The first-order valence-electron chi connectivity index (χ1n) is 8.47. The quantitative estimate of drug-likeness (QED) is 0.621. The number of rotatable bonds is 7. The van der Waals surface area contributed by atoms with Crippen LogP contribution in [0.2, 0.25) is 0 Å². The van der Waals surface area contributed by atoms with E-state index in [1.54, 1.807) is 0 Å². The molecule has 0 saturated carbocycles. The zero-order chi connectivity index (χ0) is 16.7. The Balaban J connectivity index is 3.43. The fraction of sp³-hybridized carbons (Fsp3) is 0.500. The van der Waals surface area contributed by atoms with E-state index in [9.17, 15) is 0 Å². The molecule has 0 aliphatic heterocycles. The van der Waals surface area contributed by atoms with E-state index in [4.69, 9.17) is 11.5 Å². The lowest BCUT2D eigenvalue weighted by atomic mass is 9.86. The highest BCUT2D eigenvalue weighted by Gasteiger charge is 2.18. The molecule has 1 aromatic carbocycles. The second-order valence-electron chi connectivity index (χ2n) is 6.45.